The van der Waals surface area contributed by atoms with Gasteiger partial charge >= 0.3 is 29.2 Å². The maximum absolute atomic E-state index is 11.8. The van der Waals surface area contributed by atoms with Gasteiger partial charge in [0.15, 0.2) is 6.23 Å². The average Bonchev–Trinajstić information content (AvgIpc) is 2.78. The zero-order chi connectivity index (χ0) is 22.2. The Morgan fingerprint density at radius 1 is 1.10 bits per heavy atom. The number of hydrogen-bond donors (Lipinski definition) is 7. The van der Waals surface area contributed by atoms with Crippen molar-refractivity contribution >= 4 is 29.3 Å². The summed E-state index contributed by atoms with van der Waals surface area (Å²) in [5, 5.41) is 20.0. The first kappa shape index (κ1) is 24.2. The minimum absolute atomic E-state index is 0.122. The van der Waals surface area contributed by atoms with Crippen LogP contribution in [0.3, 0.4) is 0 Å². The molecule has 0 aromatic carbocycles. The maximum atomic E-state index is 11.8. The molecule has 2 rings (SSSR count). The van der Waals surface area contributed by atoms with Crippen molar-refractivity contribution in [3.63, 3.8) is 0 Å². The largest absolute Gasteiger partial charge is 0.490 e. The molecule has 0 amide bonds. The van der Waals surface area contributed by atoms with Gasteiger partial charge in [0.05, 0.1) is 6.61 Å². The van der Waals surface area contributed by atoms with E-state index in [1.165, 1.54) is 6.07 Å². The summed E-state index contributed by atoms with van der Waals surface area (Å²) in [6, 6.07) is 1.20. The second-order valence-corrected chi connectivity index (χ2v) is 9.90. The molecule has 1 saturated heterocycles. The summed E-state index contributed by atoms with van der Waals surface area (Å²) < 4.78 is 50.8. The maximum Gasteiger partial charge on any atom is 0.490 e. The van der Waals surface area contributed by atoms with Crippen molar-refractivity contribution in [1.82, 2.24) is 9.55 Å². The van der Waals surface area contributed by atoms with Gasteiger partial charge in [-0.25, -0.2) is 18.5 Å². The summed E-state index contributed by atoms with van der Waals surface area (Å²) in [7, 11) is -16.7. The Hall–Kier alpha value is -1.03. The summed E-state index contributed by atoms with van der Waals surface area (Å²) in [6.45, 7) is -1.02. The number of anilines is 1. The fourth-order valence-electron chi connectivity index (χ4n) is 2.19. The molecule has 0 spiro atoms. The van der Waals surface area contributed by atoms with E-state index >= 15 is 0 Å². The molecule has 20 heteroatoms. The molecule has 0 saturated carbocycles. The van der Waals surface area contributed by atoms with Crippen LogP contribution in [-0.2, 0) is 31.6 Å². The Balaban J connectivity index is 2.05. The van der Waals surface area contributed by atoms with Crippen molar-refractivity contribution in [3.8, 4) is 0 Å². The number of nitrogen functional groups attached to an aromatic ring is 1. The fourth-order valence-corrected chi connectivity index (χ4v) is 5.22. The third-order valence-corrected chi connectivity index (χ3v) is 7.08. The number of aliphatic hydroxyl groups is 2. The second-order valence-electron chi connectivity index (χ2n) is 5.48. The van der Waals surface area contributed by atoms with Crippen LogP contribution in [-0.4, -0.2) is 64.3 Å². The zero-order valence-corrected chi connectivity index (χ0v) is 16.6. The van der Waals surface area contributed by atoms with Gasteiger partial charge in [-0.3, -0.25) is 9.09 Å². The number of phosphoric ester groups is 1. The highest BCUT2D eigenvalue weighted by Crippen LogP contribution is 2.66. The van der Waals surface area contributed by atoms with Crippen LogP contribution < -0.4 is 11.4 Å². The van der Waals surface area contributed by atoms with E-state index in [1.54, 1.807) is 0 Å². The van der Waals surface area contributed by atoms with Gasteiger partial charge in [0.25, 0.3) is 0 Å². The van der Waals surface area contributed by atoms with Gasteiger partial charge in [0.1, 0.15) is 24.1 Å². The number of nitrogens with two attached hydrogens (primary N) is 1. The van der Waals surface area contributed by atoms with Crippen LogP contribution >= 0.6 is 23.5 Å². The topological polar surface area (TPSA) is 270 Å². The number of hydrogen-bond acceptors (Lipinski definition) is 12. The highest BCUT2D eigenvalue weighted by atomic mass is 32.3. The van der Waals surface area contributed by atoms with Gasteiger partial charge in [-0.2, -0.15) is 13.6 Å². The Labute approximate surface area is 160 Å². The summed E-state index contributed by atoms with van der Waals surface area (Å²) >= 11 is 0. The molecule has 1 fully saturated rings. The van der Waals surface area contributed by atoms with Crippen LogP contribution in [0.25, 0.3) is 0 Å². The van der Waals surface area contributed by atoms with E-state index in [9.17, 15) is 33.6 Å². The third-order valence-electron chi connectivity index (χ3n) is 3.28. The molecule has 29 heavy (non-hydrogen) atoms. The molecular formula is C9H16N3O14P3. The molecule has 0 radical (unpaired) electrons. The molecular weight excluding hydrogens is 470 g/mol. The quantitative estimate of drug-likeness (QED) is 0.192. The van der Waals surface area contributed by atoms with Crippen molar-refractivity contribution in [1.29, 1.82) is 0 Å². The molecule has 17 nitrogen and oxygen atoms in total. The first-order chi connectivity index (χ1) is 13.1. The lowest BCUT2D eigenvalue weighted by atomic mass is 10.1. The summed E-state index contributed by atoms with van der Waals surface area (Å²) in [6.07, 6.45) is -5.38. The van der Waals surface area contributed by atoms with E-state index in [0.717, 1.165) is 10.8 Å². The van der Waals surface area contributed by atoms with Crippen LogP contribution in [0.1, 0.15) is 6.23 Å². The highest BCUT2D eigenvalue weighted by molar-refractivity contribution is 7.66. The van der Waals surface area contributed by atoms with Crippen molar-refractivity contribution in [3.05, 3.63) is 22.7 Å². The molecule has 166 valence electrons. The highest BCUT2D eigenvalue weighted by Gasteiger charge is 2.46. The van der Waals surface area contributed by atoms with Crippen LogP contribution in [0.2, 0.25) is 0 Å². The Bertz CT molecular complexity index is 946. The smallest absolute Gasteiger partial charge is 0.387 e. The standard InChI is InChI=1S/C9H16N3O14P3/c10-5-1-2-12(9(15)11-5)8-7(14)6(13)4(24-8)3-23-28(19,20)26-29(21,22)25-27(16,17)18/h1-2,4,6-8,13-14H,3H2,(H,19,20)(H,21,22)(H2,10,11,15)(H2,16,17,18)/t4-,6-,7-,8-/m1/s1/i27+1,28+1,29+1. The third kappa shape index (κ3) is 6.73. The Morgan fingerprint density at radius 2 is 1.72 bits per heavy atom. The normalized spacial score (nSPS) is 29.3. The van der Waals surface area contributed by atoms with E-state index in [2.05, 4.69) is 18.1 Å². The summed E-state index contributed by atoms with van der Waals surface area (Å²) in [5.74, 6) is -0.122. The molecule has 2 heterocycles. The lowest BCUT2D eigenvalue weighted by Gasteiger charge is -2.19. The van der Waals surface area contributed by atoms with Crippen molar-refractivity contribution in [2.24, 2.45) is 0 Å². The van der Waals surface area contributed by atoms with E-state index in [0.29, 0.717) is 0 Å². The summed E-state index contributed by atoms with van der Waals surface area (Å²) in [5.41, 5.74) is 4.39. The van der Waals surface area contributed by atoms with Gasteiger partial charge in [-0.05, 0) is 6.07 Å². The predicted molar refractivity (Wildman–Crippen MR) is 88.6 cm³/mol. The number of rotatable bonds is 8. The minimum atomic E-state index is -5.71. The number of aliphatic hydroxyl groups excluding tert-OH is 2. The van der Waals surface area contributed by atoms with Crippen LogP contribution in [0.5, 0.6) is 0 Å². The van der Waals surface area contributed by atoms with Crippen molar-refractivity contribution in [2.75, 3.05) is 12.3 Å². The lowest BCUT2D eigenvalue weighted by Crippen LogP contribution is -2.36. The molecule has 0 aliphatic carbocycles. The summed E-state index contributed by atoms with van der Waals surface area (Å²) in [4.78, 5) is 50.5. The molecule has 8 N–H and O–H groups in total. The number of ether oxygens (including phenoxy) is 1. The number of aromatic nitrogens is 2. The molecule has 6 atom stereocenters. The van der Waals surface area contributed by atoms with Gasteiger partial charge in [-0.1, -0.05) is 0 Å². The van der Waals surface area contributed by atoms with Crippen molar-refractivity contribution in [2.45, 2.75) is 24.5 Å². The fraction of sp³-hybridized carbons (Fsp3) is 0.556. The van der Waals surface area contributed by atoms with Crippen LogP contribution in [0.4, 0.5) is 5.82 Å². The molecule has 2 unspecified atom stereocenters. The molecule has 1 aromatic rings. The first-order valence-electron chi connectivity index (χ1n) is 7.25. The van der Waals surface area contributed by atoms with Gasteiger partial charge in [0, 0.05) is 6.20 Å². The first-order valence-corrected chi connectivity index (χ1v) is 11.8. The van der Waals surface area contributed by atoms with Crippen LogP contribution in [0, 0.1) is 0 Å². The van der Waals surface area contributed by atoms with Crippen molar-refractivity contribution < 1.29 is 61.4 Å². The number of nitrogens with zero attached hydrogens (tertiary/aromatic N) is 2. The van der Waals surface area contributed by atoms with E-state index in [4.69, 9.17) is 25.2 Å². The second kappa shape index (κ2) is 8.61. The SMILES string of the molecule is Nc1ccn([C@@H]2O[C@H](CO[32P](=O)(O)O[32P](=O)(O)O[32P](=O)(O)O)[C@@H](O)[C@H]2O)c(=O)n1. The zero-order valence-electron chi connectivity index (χ0n) is 13.9. The van der Waals surface area contributed by atoms with E-state index in [-0.39, 0.29) is 5.82 Å². The van der Waals surface area contributed by atoms with Crippen LogP contribution in [0.15, 0.2) is 17.1 Å². The van der Waals surface area contributed by atoms with Gasteiger partial charge < -0.3 is 40.3 Å². The van der Waals surface area contributed by atoms with E-state index < -0.39 is 60.3 Å². The van der Waals surface area contributed by atoms with E-state index in [1.807, 2.05) is 0 Å². The lowest BCUT2D eigenvalue weighted by molar-refractivity contribution is -0.0541. The molecule has 1 aliphatic heterocycles. The monoisotopic (exact) mass is 486 g/mol. The predicted octanol–water partition coefficient (Wildman–Crippen LogP) is -2.21. The Morgan fingerprint density at radius 3 is 2.28 bits per heavy atom. The Kier molecular flexibility index (Phi) is 7.20. The van der Waals surface area contributed by atoms with Gasteiger partial charge in [0.2, 0.25) is 0 Å². The van der Waals surface area contributed by atoms with Gasteiger partial charge in [-0.15, -0.1) is 0 Å². The number of phosphoric acid groups is 3. The molecule has 1 aromatic heterocycles. The minimum Gasteiger partial charge on any atom is -0.387 e. The average molecular weight is 486 g/mol. The molecule has 0 bridgehead atoms. The molecule has 1 aliphatic rings.